The first-order valence-electron chi connectivity index (χ1n) is 10.2. The summed E-state index contributed by atoms with van der Waals surface area (Å²) in [4.78, 5) is 28.5. The maximum absolute atomic E-state index is 11.9. The van der Waals surface area contributed by atoms with E-state index < -0.39 is 11.8 Å². The summed E-state index contributed by atoms with van der Waals surface area (Å²) < 4.78 is 0. The van der Waals surface area contributed by atoms with Gasteiger partial charge in [0.25, 0.3) is 0 Å². The minimum absolute atomic E-state index is 0.182. The number of anilines is 1. The van der Waals surface area contributed by atoms with Gasteiger partial charge >= 0.3 is 11.8 Å². The number of amides is 2. The lowest BCUT2D eigenvalue weighted by Gasteiger charge is -2.34. The Kier molecular flexibility index (Phi) is 7.10. The zero-order valence-electron chi connectivity index (χ0n) is 16.4. The predicted octanol–water partition coefficient (Wildman–Crippen LogP) is 1.55. The lowest BCUT2D eigenvalue weighted by atomic mass is 10.1. The number of hydrogen-bond acceptors (Lipinski definition) is 4. The lowest BCUT2D eigenvalue weighted by Crippen LogP contribution is -2.44. The Bertz CT molecular complexity index is 618. The molecule has 1 aromatic rings. The Hall–Kier alpha value is -2.08. The van der Waals surface area contributed by atoms with Gasteiger partial charge in [0.05, 0.1) is 0 Å². The fourth-order valence-corrected chi connectivity index (χ4v) is 3.83. The largest absolute Gasteiger partial charge is 0.369 e. The maximum Gasteiger partial charge on any atom is 0.309 e. The summed E-state index contributed by atoms with van der Waals surface area (Å²) in [5.74, 6) is -0.995. The molecule has 0 radical (unpaired) electrons. The third-order valence-corrected chi connectivity index (χ3v) is 5.63. The van der Waals surface area contributed by atoms with Crippen LogP contribution in [0.15, 0.2) is 24.3 Å². The first kappa shape index (κ1) is 19.7. The standard InChI is InChI=1S/C21H32N4O2/c1-24-13-15-25(16-14-24)19-10-8-17(9-11-19)5-4-12-22-20(26)21(27)23-18-6-2-3-7-18/h8-11,18H,2-7,12-16H2,1H3,(H,22,26)(H,23,27). The monoisotopic (exact) mass is 372 g/mol. The zero-order chi connectivity index (χ0) is 19.1. The molecule has 3 rings (SSSR count). The highest BCUT2D eigenvalue weighted by Gasteiger charge is 2.21. The summed E-state index contributed by atoms with van der Waals surface area (Å²) in [5.41, 5.74) is 2.54. The van der Waals surface area contributed by atoms with Crippen LogP contribution in [0, 0.1) is 0 Å². The summed E-state index contributed by atoms with van der Waals surface area (Å²) in [6, 6.07) is 8.90. The van der Waals surface area contributed by atoms with Gasteiger partial charge in [-0.1, -0.05) is 25.0 Å². The molecule has 6 nitrogen and oxygen atoms in total. The number of carbonyl (C=O) groups is 2. The fourth-order valence-electron chi connectivity index (χ4n) is 3.83. The molecule has 0 bridgehead atoms. The van der Waals surface area contributed by atoms with Crippen molar-refractivity contribution >= 4 is 17.5 Å². The van der Waals surface area contributed by atoms with Gasteiger partial charge in [-0.3, -0.25) is 9.59 Å². The van der Waals surface area contributed by atoms with Crippen LogP contribution in [-0.4, -0.2) is 62.5 Å². The van der Waals surface area contributed by atoms with E-state index in [4.69, 9.17) is 0 Å². The maximum atomic E-state index is 11.9. The molecule has 1 aliphatic heterocycles. The Morgan fingerprint density at radius 3 is 2.33 bits per heavy atom. The summed E-state index contributed by atoms with van der Waals surface area (Å²) in [6.07, 6.45) is 5.98. The molecule has 1 aliphatic carbocycles. The molecule has 6 heteroatoms. The van der Waals surface area contributed by atoms with Gasteiger partial charge < -0.3 is 20.4 Å². The van der Waals surface area contributed by atoms with Gasteiger partial charge in [-0.2, -0.15) is 0 Å². The molecule has 1 aromatic carbocycles. The van der Waals surface area contributed by atoms with Gasteiger partial charge in [-0.15, -0.1) is 0 Å². The minimum Gasteiger partial charge on any atom is -0.369 e. The van der Waals surface area contributed by atoms with Crippen molar-refractivity contribution in [1.82, 2.24) is 15.5 Å². The molecule has 2 fully saturated rings. The molecule has 2 aliphatic rings. The Morgan fingerprint density at radius 1 is 1.00 bits per heavy atom. The first-order valence-corrected chi connectivity index (χ1v) is 10.2. The third-order valence-electron chi connectivity index (χ3n) is 5.63. The summed E-state index contributed by atoms with van der Waals surface area (Å²) in [5, 5.41) is 5.55. The molecular weight excluding hydrogens is 340 g/mol. The Morgan fingerprint density at radius 2 is 1.67 bits per heavy atom. The van der Waals surface area contributed by atoms with E-state index in [1.54, 1.807) is 0 Å². The molecule has 0 aromatic heterocycles. The van der Waals surface area contributed by atoms with E-state index in [2.05, 4.69) is 51.7 Å². The number of rotatable bonds is 6. The molecule has 0 spiro atoms. The molecule has 148 valence electrons. The van der Waals surface area contributed by atoms with Crippen LogP contribution in [0.4, 0.5) is 5.69 Å². The number of likely N-dealkylation sites (N-methyl/N-ethyl adjacent to an activating group) is 1. The van der Waals surface area contributed by atoms with Crippen LogP contribution in [0.5, 0.6) is 0 Å². The van der Waals surface area contributed by atoms with Crippen LogP contribution in [0.25, 0.3) is 0 Å². The van der Waals surface area contributed by atoms with Gasteiger partial charge in [0.2, 0.25) is 0 Å². The summed E-state index contributed by atoms with van der Waals surface area (Å²) in [7, 11) is 2.16. The highest BCUT2D eigenvalue weighted by atomic mass is 16.2. The van der Waals surface area contributed by atoms with Gasteiger partial charge in [-0.25, -0.2) is 0 Å². The summed E-state index contributed by atoms with van der Waals surface area (Å²) in [6.45, 7) is 4.89. The van der Waals surface area contributed by atoms with E-state index in [0.29, 0.717) is 6.54 Å². The van der Waals surface area contributed by atoms with Crippen LogP contribution in [0.3, 0.4) is 0 Å². The van der Waals surface area contributed by atoms with Crippen LogP contribution >= 0.6 is 0 Å². The lowest BCUT2D eigenvalue weighted by molar-refractivity contribution is -0.139. The van der Waals surface area contributed by atoms with Crippen LogP contribution in [0.2, 0.25) is 0 Å². The van der Waals surface area contributed by atoms with Crippen molar-refractivity contribution < 1.29 is 9.59 Å². The van der Waals surface area contributed by atoms with E-state index >= 15 is 0 Å². The van der Waals surface area contributed by atoms with Crippen molar-refractivity contribution in [3.05, 3.63) is 29.8 Å². The van der Waals surface area contributed by atoms with Crippen molar-refractivity contribution in [2.24, 2.45) is 0 Å². The zero-order valence-corrected chi connectivity index (χ0v) is 16.4. The number of benzene rings is 1. The van der Waals surface area contributed by atoms with Gasteiger partial charge in [-0.05, 0) is 50.4 Å². The summed E-state index contributed by atoms with van der Waals surface area (Å²) >= 11 is 0. The number of piperazine rings is 1. The predicted molar refractivity (Wildman–Crippen MR) is 108 cm³/mol. The number of aryl methyl sites for hydroxylation is 1. The Balaban J connectivity index is 1.34. The van der Waals surface area contributed by atoms with Crippen LogP contribution in [0.1, 0.15) is 37.7 Å². The smallest absolute Gasteiger partial charge is 0.309 e. The van der Waals surface area contributed by atoms with E-state index in [1.165, 1.54) is 11.3 Å². The first-order chi connectivity index (χ1) is 13.1. The number of hydrogen-bond donors (Lipinski definition) is 2. The van der Waals surface area contributed by atoms with Crippen LogP contribution in [-0.2, 0) is 16.0 Å². The molecule has 0 unspecified atom stereocenters. The number of nitrogens with zero attached hydrogens (tertiary/aromatic N) is 2. The van der Waals surface area contributed by atoms with E-state index in [9.17, 15) is 9.59 Å². The molecule has 27 heavy (non-hydrogen) atoms. The normalized spacial score (nSPS) is 18.5. The second-order valence-electron chi connectivity index (χ2n) is 7.77. The minimum atomic E-state index is -0.507. The van der Waals surface area contributed by atoms with E-state index in [1.807, 2.05) is 0 Å². The Labute approximate surface area is 162 Å². The van der Waals surface area contributed by atoms with Crippen molar-refractivity contribution in [2.75, 3.05) is 44.7 Å². The fraction of sp³-hybridized carbons (Fsp3) is 0.619. The van der Waals surface area contributed by atoms with Crippen molar-refractivity contribution in [2.45, 2.75) is 44.6 Å². The van der Waals surface area contributed by atoms with E-state index in [-0.39, 0.29) is 6.04 Å². The van der Waals surface area contributed by atoms with Crippen molar-refractivity contribution in [1.29, 1.82) is 0 Å². The molecular formula is C21H32N4O2. The number of carbonyl (C=O) groups excluding carboxylic acids is 2. The van der Waals surface area contributed by atoms with Crippen LogP contribution < -0.4 is 15.5 Å². The number of nitrogens with one attached hydrogen (secondary N) is 2. The molecule has 2 amide bonds. The molecule has 0 atom stereocenters. The second kappa shape index (κ2) is 9.74. The highest BCUT2D eigenvalue weighted by molar-refractivity contribution is 6.35. The van der Waals surface area contributed by atoms with Gasteiger partial charge in [0.15, 0.2) is 0 Å². The quantitative estimate of drug-likeness (QED) is 0.587. The topological polar surface area (TPSA) is 64.7 Å². The molecule has 1 saturated carbocycles. The second-order valence-corrected chi connectivity index (χ2v) is 7.77. The molecule has 1 heterocycles. The van der Waals surface area contributed by atoms with E-state index in [0.717, 1.165) is 64.7 Å². The van der Waals surface area contributed by atoms with Gasteiger partial charge in [0.1, 0.15) is 0 Å². The highest BCUT2D eigenvalue weighted by Crippen LogP contribution is 2.18. The van der Waals surface area contributed by atoms with Crippen molar-refractivity contribution in [3.8, 4) is 0 Å². The molecule has 2 N–H and O–H groups in total. The average molecular weight is 373 g/mol. The third kappa shape index (κ3) is 5.96. The van der Waals surface area contributed by atoms with Gasteiger partial charge in [0, 0.05) is 44.5 Å². The van der Waals surface area contributed by atoms with Crippen molar-refractivity contribution in [3.63, 3.8) is 0 Å². The SMILES string of the molecule is CN1CCN(c2ccc(CCCNC(=O)C(=O)NC3CCCC3)cc2)CC1. The molecule has 1 saturated heterocycles. The average Bonchev–Trinajstić information content (AvgIpc) is 3.19.